The molecule has 0 radical (unpaired) electrons. The molecule has 5 nitrogen and oxygen atoms in total. The smallest absolute Gasteiger partial charge is 0.355 e. The predicted molar refractivity (Wildman–Crippen MR) is 97.8 cm³/mol. The number of nitrogens with one attached hydrogen (secondary N) is 2. The number of hydrogen-bond acceptors (Lipinski definition) is 3. The molecule has 0 aliphatic rings. The Hall–Kier alpha value is -2.27. The molecule has 2 aromatic rings. The minimum atomic E-state index is -0.363. The average Bonchev–Trinajstić information content (AvgIpc) is 2.87. The molecule has 0 aliphatic carbocycles. The Bertz CT molecular complexity index is 768. The second-order valence-corrected chi connectivity index (χ2v) is 6.22. The van der Waals surface area contributed by atoms with E-state index in [-0.39, 0.29) is 11.9 Å². The van der Waals surface area contributed by atoms with Crippen LogP contribution in [0.3, 0.4) is 0 Å². The maximum absolute atomic E-state index is 12.1. The Labute approximate surface area is 152 Å². The molecule has 1 heterocycles. The lowest BCUT2D eigenvalue weighted by atomic mass is 10.0. The van der Waals surface area contributed by atoms with Crippen molar-refractivity contribution in [1.29, 1.82) is 0 Å². The van der Waals surface area contributed by atoms with Crippen LogP contribution in [0.4, 0.5) is 0 Å². The Morgan fingerprint density at radius 2 is 1.96 bits per heavy atom. The van der Waals surface area contributed by atoms with Crippen LogP contribution in [-0.4, -0.2) is 23.5 Å². The van der Waals surface area contributed by atoms with Gasteiger partial charge in [0, 0.05) is 23.7 Å². The summed E-state index contributed by atoms with van der Waals surface area (Å²) in [6.45, 7) is 6.26. The first-order chi connectivity index (χ1) is 11.9. The van der Waals surface area contributed by atoms with Gasteiger partial charge < -0.3 is 15.0 Å². The monoisotopic (exact) mass is 362 g/mol. The quantitative estimate of drug-likeness (QED) is 0.737. The normalized spacial score (nSPS) is 10.6. The second-order valence-electron chi connectivity index (χ2n) is 5.82. The number of aromatic amines is 1. The van der Waals surface area contributed by atoms with Gasteiger partial charge >= 0.3 is 5.97 Å². The highest BCUT2D eigenvalue weighted by Gasteiger charge is 2.18. The van der Waals surface area contributed by atoms with Crippen LogP contribution >= 0.6 is 11.6 Å². The minimum Gasteiger partial charge on any atom is -0.461 e. The van der Waals surface area contributed by atoms with E-state index in [9.17, 15) is 9.59 Å². The van der Waals surface area contributed by atoms with Gasteiger partial charge in [-0.25, -0.2) is 4.79 Å². The van der Waals surface area contributed by atoms with Gasteiger partial charge in [-0.2, -0.15) is 0 Å². The first-order valence-corrected chi connectivity index (χ1v) is 8.67. The van der Waals surface area contributed by atoms with E-state index in [0.29, 0.717) is 36.7 Å². The largest absolute Gasteiger partial charge is 0.461 e. The fraction of sp³-hybridized carbons (Fsp3) is 0.368. The summed E-state index contributed by atoms with van der Waals surface area (Å²) in [4.78, 5) is 27.1. The molecule has 6 heteroatoms. The van der Waals surface area contributed by atoms with E-state index in [0.717, 1.165) is 22.4 Å². The van der Waals surface area contributed by atoms with E-state index in [1.54, 1.807) is 13.0 Å². The number of ether oxygens (including phenoxy) is 1. The molecule has 0 unspecified atom stereocenters. The van der Waals surface area contributed by atoms with Gasteiger partial charge in [0.05, 0.1) is 6.61 Å². The van der Waals surface area contributed by atoms with E-state index in [1.165, 1.54) is 0 Å². The molecule has 0 bridgehead atoms. The highest BCUT2D eigenvalue weighted by atomic mass is 35.5. The molecule has 0 saturated carbocycles. The van der Waals surface area contributed by atoms with Crippen LogP contribution in [0.5, 0.6) is 0 Å². The second kappa shape index (κ2) is 8.72. The predicted octanol–water partition coefficient (Wildman–Crippen LogP) is 3.71. The van der Waals surface area contributed by atoms with E-state index in [4.69, 9.17) is 16.3 Å². The summed E-state index contributed by atoms with van der Waals surface area (Å²) < 4.78 is 5.04. The van der Waals surface area contributed by atoms with Gasteiger partial charge in [0.2, 0.25) is 5.91 Å². The highest BCUT2D eigenvalue weighted by molar-refractivity contribution is 6.31. The van der Waals surface area contributed by atoms with Crippen molar-refractivity contribution in [3.05, 3.63) is 57.4 Å². The number of H-pyrrole nitrogens is 1. The molecule has 1 aromatic heterocycles. The van der Waals surface area contributed by atoms with Crippen molar-refractivity contribution in [3.8, 4) is 0 Å². The average molecular weight is 363 g/mol. The van der Waals surface area contributed by atoms with Crippen molar-refractivity contribution in [2.24, 2.45) is 0 Å². The van der Waals surface area contributed by atoms with Crippen molar-refractivity contribution in [2.45, 2.75) is 40.2 Å². The molecule has 0 fully saturated rings. The van der Waals surface area contributed by atoms with E-state index in [2.05, 4.69) is 10.3 Å². The summed E-state index contributed by atoms with van der Waals surface area (Å²) >= 11 is 6.08. The van der Waals surface area contributed by atoms with Crippen LogP contribution in [0, 0.1) is 13.8 Å². The van der Waals surface area contributed by atoms with E-state index >= 15 is 0 Å². The number of aryl methyl sites for hydroxylation is 1. The first-order valence-electron chi connectivity index (χ1n) is 8.29. The third-order valence-corrected chi connectivity index (χ3v) is 4.48. The number of benzene rings is 1. The van der Waals surface area contributed by atoms with Crippen LogP contribution < -0.4 is 5.32 Å². The molecule has 0 atom stereocenters. The van der Waals surface area contributed by atoms with Gasteiger partial charge in [-0.3, -0.25) is 4.79 Å². The molecule has 1 aromatic carbocycles. The van der Waals surface area contributed by atoms with Crippen LogP contribution in [0.15, 0.2) is 24.3 Å². The summed E-state index contributed by atoms with van der Waals surface area (Å²) in [5.74, 6) is -0.421. The molecular weight excluding hydrogens is 340 g/mol. The van der Waals surface area contributed by atoms with Crippen LogP contribution in [0.2, 0.25) is 5.02 Å². The zero-order valence-corrected chi connectivity index (χ0v) is 15.5. The van der Waals surface area contributed by atoms with Crippen molar-refractivity contribution in [1.82, 2.24) is 10.3 Å². The van der Waals surface area contributed by atoms with Gasteiger partial charge in [0.1, 0.15) is 5.69 Å². The zero-order valence-electron chi connectivity index (χ0n) is 14.7. The third-order valence-electron chi connectivity index (χ3n) is 4.11. The summed E-state index contributed by atoms with van der Waals surface area (Å²) in [6, 6.07) is 7.42. The number of carbonyl (C=O) groups excluding carboxylic acids is 2. The van der Waals surface area contributed by atoms with Crippen molar-refractivity contribution in [3.63, 3.8) is 0 Å². The lowest BCUT2D eigenvalue weighted by Crippen LogP contribution is -2.23. The molecule has 0 saturated heterocycles. The highest BCUT2D eigenvalue weighted by Crippen LogP contribution is 2.20. The number of aromatic nitrogens is 1. The standard InChI is InChI=1S/C19H23ClN2O3/c1-4-25-19(24)18-12(2)15(13(3)22-18)9-10-17(23)21-11-14-7-5-6-8-16(14)20/h5-8,22H,4,9-11H2,1-3H3,(H,21,23). The lowest BCUT2D eigenvalue weighted by Gasteiger charge is -2.07. The topological polar surface area (TPSA) is 71.2 Å². The van der Waals surface area contributed by atoms with Crippen LogP contribution in [0.1, 0.15) is 46.2 Å². The Kier molecular flexibility index (Phi) is 6.65. The molecule has 134 valence electrons. The van der Waals surface area contributed by atoms with Crippen molar-refractivity contribution < 1.29 is 14.3 Å². The van der Waals surface area contributed by atoms with Gasteiger partial charge in [-0.15, -0.1) is 0 Å². The van der Waals surface area contributed by atoms with Crippen molar-refractivity contribution >= 4 is 23.5 Å². The van der Waals surface area contributed by atoms with E-state index < -0.39 is 0 Å². The van der Waals surface area contributed by atoms with Gasteiger partial charge in [0.15, 0.2) is 0 Å². The SMILES string of the molecule is CCOC(=O)c1[nH]c(C)c(CCC(=O)NCc2ccccc2Cl)c1C. The summed E-state index contributed by atoms with van der Waals surface area (Å²) in [5, 5.41) is 3.51. The maximum atomic E-state index is 12.1. The Morgan fingerprint density at radius 1 is 1.24 bits per heavy atom. The summed E-state index contributed by atoms with van der Waals surface area (Å²) in [5.41, 5.74) is 4.06. The molecular formula is C19H23ClN2O3. The molecule has 1 amide bonds. The van der Waals surface area contributed by atoms with Crippen LogP contribution in [-0.2, 0) is 22.5 Å². The molecule has 2 N–H and O–H groups in total. The third kappa shape index (κ3) is 4.86. The summed E-state index contributed by atoms with van der Waals surface area (Å²) in [7, 11) is 0. The maximum Gasteiger partial charge on any atom is 0.355 e. The van der Waals surface area contributed by atoms with E-state index in [1.807, 2.05) is 32.0 Å². The lowest BCUT2D eigenvalue weighted by molar-refractivity contribution is -0.121. The molecule has 0 aliphatic heterocycles. The molecule has 2 rings (SSSR count). The van der Waals surface area contributed by atoms with Crippen LogP contribution in [0.25, 0.3) is 0 Å². The summed E-state index contributed by atoms with van der Waals surface area (Å²) in [6.07, 6.45) is 0.897. The fourth-order valence-electron chi connectivity index (χ4n) is 2.73. The number of amides is 1. The number of rotatable bonds is 7. The van der Waals surface area contributed by atoms with Crippen molar-refractivity contribution in [2.75, 3.05) is 6.61 Å². The number of hydrogen-bond donors (Lipinski definition) is 2. The first kappa shape index (κ1) is 19.1. The van der Waals surface area contributed by atoms with Gasteiger partial charge in [0.25, 0.3) is 0 Å². The molecule has 0 spiro atoms. The fourth-order valence-corrected chi connectivity index (χ4v) is 2.94. The number of carbonyl (C=O) groups is 2. The number of halogens is 1. The molecule has 25 heavy (non-hydrogen) atoms. The van der Waals surface area contributed by atoms with Gasteiger partial charge in [-0.1, -0.05) is 29.8 Å². The van der Waals surface area contributed by atoms with Gasteiger partial charge in [-0.05, 0) is 49.9 Å². The minimum absolute atomic E-state index is 0.0578. The Balaban J connectivity index is 1.93. The Morgan fingerprint density at radius 3 is 2.64 bits per heavy atom. The zero-order chi connectivity index (χ0) is 18.4. The number of esters is 1.